The van der Waals surface area contributed by atoms with Crippen LogP contribution in [0.5, 0.6) is 0 Å². The maximum Gasteiger partial charge on any atom is 0.0493 e. The number of nitrogens with zero attached hydrogens (tertiary/aromatic N) is 3. The van der Waals surface area contributed by atoms with Crippen LogP contribution in [0.1, 0.15) is 51.9 Å². The zero-order valence-electron chi connectivity index (χ0n) is 26.6. The quantitative estimate of drug-likeness (QED) is 0.111. The summed E-state index contributed by atoms with van der Waals surface area (Å²) >= 11 is -0.222. The number of carbonyl (C=O) groups is 1. The minimum atomic E-state index is -0.222. The maximum absolute atomic E-state index is 10.9. The Morgan fingerprint density at radius 2 is 0.625 bits per heavy atom. The molecule has 0 amide bonds. The number of benzene rings is 4. The third-order valence-corrected chi connectivity index (χ3v) is 8.13. The van der Waals surface area contributed by atoms with Gasteiger partial charge in [0.2, 0.25) is 0 Å². The van der Waals surface area contributed by atoms with Crippen LogP contribution < -0.4 is 29.2 Å². The van der Waals surface area contributed by atoms with E-state index >= 15 is 0 Å². The van der Waals surface area contributed by atoms with Gasteiger partial charge in [0.25, 0.3) is 0 Å². The molecule has 0 unspecified atom stereocenters. The van der Waals surface area contributed by atoms with E-state index in [-0.39, 0.29) is 54.1 Å². The fourth-order valence-electron chi connectivity index (χ4n) is 5.98. The van der Waals surface area contributed by atoms with Crippen molar-refractivity contribution in [2.75, 3.05) is 0 Å². The monoisotopic (exact) mass is 772 g/mol. The number of hydrogen-bond acceptors (Lipinski definition) is 10. The average Bonchev–Trinajstić information content (AvgIpc) is 3.93. The summed E-state index contributed by atoms with van der Waals surface area (Å²) in [6.07, 6.45) is 7.01. The summed E-state index contributed by atoms with van der Waals surface area (Å²) in [5.74, 6) is 21.5. The number of nitrogens with two attached hydrogens (primary N) is 5. The molecule has 10 N–H and O–H groups in total. The van der Waals surface area contributed by atoms with E-state index in [0.717, 1.165) is 44.2 Å². The molecule has 8 rings (SSSR count). The van der Waals surface area contributed by atoms with Crippen molar-refractivity contribution >= 4 is 69.6 Å². The van der Waals surface area contributed by atoms with E-state index in [0.29, 0.717) is 18.6 Å². The number of rotatable bonds is 1. The number of hydrazone groups is 1. The van der Waals surface area contributed by atoms with Crippen molar-refractivity contribution < 1.29 is 4.83 Å². The molecule has 0 fully saturated rings. The first-order valence-corrected chi connectivity index (χ1v) is 17.1. The molecule has 0 bridgehead atoms. The molecule has 248 valence electrons. The van der Waals surface area contributed by atoms with Crippen molar-refractivity contribution in [3.63, 3.8) is 0 Å². The van der Waals surface area contributed by atoms with Gasteiger partial charge in [-0.2, -0.15) is 15.3 Å². The smallest absolute Gasteiger partial charge is 0.0493 e. The molecular weight excluding hydrogens is 726 g/mol. The first-order chi connectivity index (χ1) is 23.1. The molecule has 0 atom stereocenters. The predicted octanol–water partition coefficient (Wildman–Crippen LogP) is 3.61. The van der Waals surface area contributed by atoms with Crippen LogP contribution in [-0.2, 0) is 56.2 Å². The predicted molar refractivity (Wildman–Crippen MR) is 197 cm³/mol. The van der Waals surface area contributed by atoms with Crippen LogP contribution in [0.4, 0.5) is 0 Å². The zero-order chi connectivity index (χ0) is 34.0. The second kappa shape index (κ2) is 22.3. The molecule has 0 saturated heterocycles. The van der Waals surface area contributed by atoms with Gasteiger partial charge in [0.1, 0.15) is 5.78 Å². The Morgan fingerprint density at radius 1 is 0.417 bits per heavy atom. The summed E-state index contributed by atoms with van der Waals surface area (Å²) in [5, 5.41) is 12.7. The molecule has 11 heteroatoms. The number of ketones is 1. The Bertz CT molecular complexity index is 1550. The van der Waals surface area contributed by atoms with Gasteiger partial charge in [0, 0.05) is 68.5 Å². The molecule has 4 aliphatic carbocycles. The largest absolute Gasteiger partial charge is 0.159 e. The van der Waals surface area contributed by atoms with Crippen LogP contribution in [-0.4, -0.2) is 69.6 Å². The number of fused-ring (bicyclic) bond motifs is 4. The van der Waals surface area contributed by atoms with Crippen molar-refractivity contribution in [2.45, 2.75) is 58.8 Å². The maximum atomic E-state index is 10.9. The summed E-state index contributed by atoms with van der Waals surface area (Å²) in [7, 11) is 0. The Morgan fingerprint density at radius 3 is 0.854 bits per heavy atom. The van der Waals surface area contributed by atoms with Crippen molar-refractivity contribution in [3.05, 3.63) is 142 Å². The average molecular weight is 772 g/mol. The van der Waals surface area contributed by atoms with Crippen molar-refractivity contribution in [3.8, 4) is 0 Å². The van der Waals surface area contributed by atoms with E-state index in [1.165, 1.54) is 55.9 Å². The van der Waals surface area contributed by atoms with Crippen molar-refractivity contribution in [2.24, 2.45) is 44.5 Å². The third kappa shape index (κ3) is 11.6. The molecule has 4 aromatic carbocycles. The number of carbonyl (C=O) groups excluding carboxylic acids is 1. The fourth-order valence-corrected chi connectivity index (χ4v) is 5.98. The molecule has 0 radical (unpaired) electrons. The van der Waals surface area contributed by atoms with Gasteiger partial charge in [-0.15, -0.1) is 0 Å². The van der Waals surface area contributed by atoms with E-state index in [2.05, 4.69) is 111 Å². The minimum absolute atomic E-state index is 0. The van der Waals surface area contributed by atoms with Gasteiger partial charge >= 0.3 is 46.8 Å². The van der Waals surface area contributed by atoms with Gasteiger partial charge in [-0.1, -0.05) is 104 Å². The second-order valence-corrected chi connectivity index (χ2v) is 11.1. The van der Waals surface area contributed by atoms with Gasteiger partial charge < -0.3 is 5.84 Å². The number of hydrazine groups is 2. The first kappa shape index (κ1) is 40.7. The summed E-state index contributed by atoms with van der Waals surface area (Å²) < 4.78 is 8.44. The van der Waals surface area contributed by atoms with Crippen LogP contribution in [0.3, 0.4) is 0 Å². The van der Waals surface area contributed by atoms with E-state index in [4.69, 9.17) is 5.88 Å². The van der Waals surface area contributed by atoms with Crippen molar-refractivity contribution in [1.82, 2.24) is 0 Å². The molecule has 0 aromatic heterocycles. The standard InChI is InChI=1S/C18H16N2.C9H10N2.C9H8O.CH4.Ba.2H4N2.O/c1-2-6-14-10-17(9-13(14)5-1)19-20-18-11-15-7-3-4-8-16(15)12-18;10-11-9-5-7-3-1-2-4-8(7)6-9;10-9-5-7-3-1-2-4-8(7)6-9;;;2*1-2;/h1-8H,9-12H2;1-4H,5-6,10H2;1-4H,5-6H2;1H4;;2*1-2H2;. The Hall–Kier alpha value is -3.43. The summed E-state index contributed by atoms with van der Waals surface area (Å²) in [4.78, 5) is 10.9. The molecule has 4 aliphatic rings. The van der Waals surface area contributed by atoms with Gasteiger partial charge in [-0.25, -0.2) is 0 Å². The molecule has 0 aliphatic heterocycles. The molecule has 10 nitrogen and oxygen atoms in total. The molecule has 0 spiro atoms. The van der Waals surface area contributed by atoms with Crippen LogP contribution >= 0.6 is 0 Å². The normalized spacial score (nSPS) is 13.6. The molecular formula is C37H46BaN8O2. The van der Waals surface area contributed by atoms with Gasteiger partial charge in [-0.05, 0) is 44.5 Å². The Labute approximate surface area is 316 Å². The SMILES string of the molecule is C.NN.NN.NN=C1Cc2ccccc2C1.O=C1Cc2ccccc2C1.[O]=[Ba].c1ccc2c(c1)CC(=NN=C1Cc3ccccc3C1)C2. The van der Waals surface area contributed by atoms with Crippen LogP contribution in [0.2, 0.25) is 0 Å². The third-order valence-electron chi connectivity index (χ3n) is 8.13. The van der Waals surface area contributed by atoms with E-state index in [9.17, 15) is 4.79 Å². The fraction of sp³-hybridized carbons (Fsp3) is 0.243. The Balaban J connectivity index is 0.000000245. The Kier molecular flexibility index (Phi) is 18.9. The van der Waals surface area contributed by atoms with Crippen molar-refractivity contribution in [1.29, 1.82) is 0 Å². The second-order valence-electron chi connectivity index (χ2n) is 11.1. The number of hydrogen-bond donors (Lipinski definition) is 5. The molecule has 48 heavy (non-hydrogen) atoms. The van der Waals surface area contributed by atoms with E-state index in [1.807, 2.05) is 24.3 Å². The van der Waals surface area contributed by atoms with E-state index < -0.39 is 0 Å². The topological polar surface area (TPSA) is 201 Å². The molecule has 4 aromatic rings. The zero-order valence-corrected chi connectivity index (χ0v) is 31.1. The summed E-state index contributed by atoms with van der Waals surface area (Å²) in [5.41, 5.74) is 14.3. The van der Waals surface area contributed by atoms with E-state index in [1.54, 1.807) is 0 Å². The van der Waals surface area contributed by atoms with Crippen LogP contribution in [0, 0.1) is 0 Å². The van der Waals surface area contributed by atoms with Crippen LogP contribution in [0.25, 0.3) is 0 Å². The summed E-state index contributed by atoms with van der Waals surface area (Å²) in [6, 6.07) is 33.6. The minimum Gasteiger partial charge on any atom is -0.159 e. The number of Topliss-reactive ketones (excluding diaryl/α,β-unsaturated/α-hetero) is 1. The summed E-state index contributed by atoms with van der Waals surface area (Å²) in [6.45, 7) is 0. The molecule has 0 saturated carbocycles. The van der Waals surface area contributed by atoms with Gasteiger partial charge in [0.05, 0.1) is 0 Å². The first-order valence-electron chi connectivity index (χ1n) is 15.3. The van der Waals surface area contributed by atoms with Gasteiger partial charge in [-0.3, -0.25) is 28.2 Å². The van der Waals surface area contributed by atoms with Gasteiger partial charge in [0.15, 0.2) is 0 Å². The molecule has 0 heterocycles. The van der Waals surface area contributed by atoms with Crippen LogP contribution in [0.15, 0.2) is 112 Å².